The molecular weight excluding hydrogens is 356 g/mol. The first-order valence-corrected chi connectivity index (χ1v) is 9.45. The predicted molar refractivity (Wildman–Crippen MR) is 93.3 cm³/mol. The first-order valence-electron chi connectivity index (χ1n) is 6.82. The molecule has 9 heteroatoms. The van der Waals surface area contributed by atoms with Crippen LogP contribution in [0.4, 0.5) is 5.13 Å². The summed E-state index contributed by atoms with van der Waals surface area (Å²) in [6.45, 7) is 3.69. The van der Waals surface area contributed by atoms with E-state index in [4.69, 9.17) is 11.6 Å². The van der Waals surface area contributed by atoms with E-state index in [0.717, 1.165) is 11.4 Å². The number of halogens is 1. The summed E-state index contributed by atoms with van der Waals surface area (Å²) in [5, 5.41) is 12.9. The van der Waals surface area contributed by atoms with Gasteiger partial charge in [-0.3, -0.25) is 0 Å². The van der Waals surface area contributed by atoms with Crippen LogP contribution in [0, 0.1) is 0 Å². The van der Waals surface area contributed by atoms with Crippen molar-refractivity contribution in [1.82, 2.24) is 10.2 Å². The molecule has 1 aromatic heterocycles. The van der Waals surface area contributed by atoms with Crippen LogP contribution in [0.5, 0.6) is 0 Å². The maximum Gasteiger partial charge on any atom is 0.285 e. The van der Waals surface area contributed by atoms with Gasteiger partial charge in [0, 0.05) is 10.6 Å². The van der Waals surface area contributed by atoms with Gasteiger partial charge in [-0.2, -0.15) is 8.42 Å². The number of hydrogen-bond donors (Lipinski definition) is 1. The zero-order chi connectivity index (χ0) is 16.6. The summed E-state index contributed by atoms with van der Waals surface area (Å²) in [7, 11) is -3.75. The van der Waals surface area contributed by atoms with Crippen LogP contribution in [-0.2, 0) is 16.4 Å². The van der Waals surface area contributed by atoms with Crippen LogP contribution in [0.2, 0.25) is 5.02 Å². The number of hydrogen-bond acceptors (Lipinski definition) is 6. The molecule has 1 N–H and O–H groups in total. The van der Waals surface area contributed by atoms with E-state index in [1.165, 1.54) is 11.3 Å². The largest absolute Gasteiger partial charge is 0.314 e. The summed E-state index contributed by atoms with van der Waals surface area (Å²) >= 11 is 7.23. The fourth-order valence-corrected chi connectivity index (χ4v) is 4.40. The molecule has 2 heterocycles. The molecule has 0 bridgehead atoms. The number of rotatable bonds is 3. The van der Waals surface area contributed by atoms with Crippen LogP contribution in [0.25, 0.3) is 4.91 Å². The molecule has 23 heavy (non-hydrogen) atoms. The van der Waals surface area contributed by atoms with E-state index >= 15 is 0 Å². The molecule has 0 unspecified atom stereocenters. The van der Waals surface area contributed by atoms with Crippen molar-refractivity contribution in [2.24, 2.45) is 4.40 Å². The summed E-state index contributed by atoms with van der Waals surface area (Å²) < 4.78 is 28.6. The van der Waals surface area contributed by atoms with Crippen molar-refractivity contribution in [1.29, 1.82) is 0 Å². The van der Waals surface area contributed by atoms with Crippen molar-refractivity contribution >= 4 is 48.8 Å². The maximum atomic E-state index is 12.4. The van der Waals surface area contributed by atoms with Crippen LogP contribution in [0.15, 0.2) is 34.2 Å². The summed E-state index contributed by atoms with van der Waals surface area (Å²) in [4.78, 5) is 0.178. The lowest BCUT2D eigenvalue weighted by molar-refractivity contribution is 0.608. The quantitative estimate of drug-likeness (QED) is 0.898. The minimum atomic E-state index is -3.75. The van der Waals surface area contributed by atoms with Crippen molar-refractivity contribution in [3.05, 3.63) is 45.4 Å². The molecular formula is C14H13ClN4O2S2. The van der Waals surface area contributed by atoms with E-state index in [-0.39, 0.29) is 10.7 Å². The van der Waals surface area contributed by atoms with Gasteiger partial charge < -0.3 is 5.32 Å². The molecule has 120 valence electrons. The number of aryl methyl sites for hydroxylation is 1. The number of amidine groups is 1. The van der Waals surface area contributed by atoms with Crippen LogP contribution in [0.1, 0.15) is 24.4 Å². The van der Waals surface area contributed by atoms with Crippen molar-refractivity contribution in [3.8, 4) is 0 Å². The molecule has 1 aromatic carbocycles. The normalized spacial score (nSPS) is 16.6. The highest BCUT2D eigenvalue weighted by molar-refractivity contribution is 8.00. The second-order valence-corrected chi connectivity index (χ2v) is 7.89. The lowest BCUT2D eigenvalue weighted by Gasteiger charge is -2.04. The van der Waals surface area contributed by atoms with Crippen molar-refractivity contribution in [2.45, 2.75) is 20.3 Å². The highest BCUT2D eigenvalue weighted by atomic mass is 35.5. The minimum absolute atomic E-state index is 0.178. The highest BCUT2D eigenvalue weighted by Crippen LogP contribution is 2.33. The lowest BCUT2D eigenvalue weighted by atomic mass is 10.1. The molecule has 0 fully saturated rings. The highest BCUT2D eigenvalue weighted by Gasteiger charge is 2.31. The average molecular weight is 369 g/mol. The van der Waals surface area contributed by atoms with Crippen LogP contribution in [-0.4, -0.2) is 24.5 Å². The van der Waals surface area contributed by atoms with Gasteiger partial charge in [-0.25, -0.2) is 0 Å². The van der Waals surface area contributed by atoms with Gasteiger partial charge in [-0.1, -0.05) is 42.0 Å². The monoisotopic (exact) mass is 368 g/mol. The molecule has 0 spiro atoms. The van der Waals surface area contributed by atoms with E-state index in [1.54, 1.807) is 31.2 Å². The molecule has 1 aliphatic heterocycles. The number of sulfonamides is 1. The Morgan fingerprint density at radius 2 is 1.91 bits per heavy atom. The number of aromatic nitrogens is 2. The van der Waals surface area contributed by atoms with Gasteiger partial charge in [0.1, 0.15) is 15.7 Å². The van der Waals surface area contributed by atoms with Gasteiger partial charge in [-0.15, -0.1) is 14.6 Å². The predicted octanol–water partition coefficient (Wildman–Crippen LogP) is 3.34. The molecule has 3 rings (SSSR count). The third kappa shape index (κ3) is 3.15. The zero-order valence-electron chi connectivity index (χ0n) is 12.4. The first kappa shape index (κ1) is 16.1. The van der Waals surface area contributed by atoms with Crippen molar-refractivity contribution in [3.63, 3.8) is 0 Å². The summed E-state index contributed by atoms with van der Waals surface area (Å²) in [6.07, 6.45) is 0.773. The lowest BCUT2D eigenvalue weighted by Crippen LogP contribution is -2.11. The molecule has 0 amide bonds. The molecule has 1 aliphatic rings. The molecule has 0 saturated heterocycles. The van der Waals surface area contributed by atoms with Gasteiger partial charge in [0.25, 0.3) is 10.0 Å². The molecule has 0 aliphatic carbocycles. The molecule has 2 aromatic rings. The Hall–Kier alpha value is -1.77. The fraction of sp³-hybridized carbons (Fsp3) is 0.214. The van der Waals surface area contributed by atoms with Gasteiger partial charge >= 0.3 is 0 Å². The van der Waals surface area contributed by atoms with E-state index in [2.05, 4.69) is 19.9 Å². The third-order valence-electron chi connectivity index (χ3n) is 3.27. The van der Waals surface area contributed by atoms with Gasteiger partial charge in [-0.05, 0) is 31.0 Å². The average Bonchev–Trinajstić information content (AvgIpc) is 3.04. The Morgan fingerprint density at radius 1 is 1.22 bits per heavy atom. The Kier molecular flexibility index (Phi) is 4.22. The fourth-order valence-electron chi connectivity index (χ4n) is 2.17. The maximum absolute atomic E-state index is 12.4. The van der Waals surface area contributed by atoms with Crippen molar-refractivity contribution < 1.29 is 8.42 Å². The number of nitrogens with zero attached hydrogens (tertiary/aromatic N) is 3. The van der Waals surface area contributed by atoms with Crippen LogP contribution in [0.3, 0.4) is 0 Å². The van der Waals surface area contributed by atoms with Gasteiger partial charge in [0.15, 0.2) is 0 Å². The van der Waals surface area contributed by atoms with Gasteiger partial charge in [0.2, 0.25) is 5.13 Å². The second-order valence-electron chi connectivity index (χ2n) is 4.86. The smallest absolute Gasteiger partial charge is 0.285 e. The van der Waals surface area contributed by atoms with Crippen LogP contribution < -0.4 is 5.32 Å². The van der Waals surface area contributed by atoms with E-state index in [0.29, 0.717) is 21.3 Å². The summed E-state index contributed by atoms with van der Waals surface area (Å²) in [5.74, 6) is 0.272. The molecule has 0 radical (unpaired) electrons. The Balaban J connectivity index is 1.98. The summed E-state index contributed by atoms with van der Waals surface area (Å²) in [5.41, 5.74) is 1.10. The van der Waals surface area contributed by atoms with Crippen molar-refractivity contribution in [2.75, 3.05) is 5.32 Å². The summed E-state index contributed by atoms with van der Waals surface area (Å²) in [6, 6.07) is 6.63. The molecule has 0 atom stereocenters. The third-order valence-corrected chi connectivity index (χ3v) is 5.98. The van der Waals surface area contributed by atoms with E-state index < -0.39 is 10.0 Å². The van der Waals surface area contributed by atoms with Crippen LogP contribution >= 0.6 is 22.9 Å². The minimum Gasteiger partial charge on any atom is -0.314 e. The van der Waals surface area contributed by atoms with E-state index in [9.17, 15) is 8.42 Å². The number of benzene rings is 1. The Morgan fingerprint density at radius 3 is 2.52 bits per heavy atom. The Labute approximate surface area is 143 Å². The van der Waals surface area contributed by atoms with E-state index in [1.807, 2.05) is 6.92 Å². The molecule has 0 saturated carbocycles. The zero-order valence-corrected chi connectivity index (χ0v) is 14.8. The first-order chi connectivity index (χ1) is 10.9. The number of anilines is 1. The molecule has 6 nitrogen and oxygen atoms in total. The number of nitrogens with one attached hydrogen (secondary N) is 1. The second kappa shape index (κ2) is 6.03. The standard InChI is InChI=1S/C14H13ClN4O2S2/c1-3-11-17-18-14(22-11)16-13-8(2)12(23(20,21)19-13)9-4-6-10(15)7-5-9/h4-7H,3H2,1-2H3,(H,16,18,19). The SMILES string of the molecule is CCc1nnc(NC2=NS(=O)(=O)C(c3ccc(Cl)cc3)=C2C)s1. The van der Waals surface area contributed by atoms with Gasteiger partial charge in [0.05, 0.1) is 0 Å². The topological polar surface area (TPSA) is 84.3 Å². The Bertz CT molecular complexity index is 915.